The predicted octanol–water partition coefficient (Wildman–Crippen LogP) is 6.76. The van der Waals surface area contributed by atoms with E-state index in [1.165, 1.54) is 23.1 Å². The summed E-state index contributed by atoms with van der Waals surface area (Å²) < 4.78 is 0. The number of para-hydroxylation sites is 1. The van der Waals surface area contributed by atoms with Crippen molar-refractivity contribution in [3.8, 4) is 6.07 Å². The fourth-order valence-corrected chi connectivity index (χ4v) is 5.73. The Kier molecular flexibility index (Phi) is 8.39. The summed E-state index contributed by atoms with van der Waals surface area (Å²) >= 11 is 14.6. The van der Waals surface area contributed by atoms with Gasteiger partial charge in [0.05, 0.1) is 38.4 Å². The second-order valence-corrected chi connectivity index (χ2v) is 10.5. The summed E-state index contributed by atoms with van der Waals surface area (Å²) in [5.74, 6) is -1.07. The third-order valence-electron chi connectivity index (χ3n) is 5.30. The van der Waals surface area contributed by atoms with Gasteiger partial charge in [-0.2, -0.15) is 5.26 Å². The monoisotopic (exact) mass is 554 g/mol. The van der Waals surface area contributed by atoms with Gasteiger partial charge in [0.1, 0.15) is 0 Å². The van der Waals surface area contributed by atoms with E-state index < -0.39 is 5.92 Å². The first kappa shape index (κ1) is 25.9. The normalized spacial score (nSPS) is 15.2. The van der Waals surface area contributed by atoms with Crippen LogP contribution in [-0.2, 0) is 9.59 Å². The van der Waals surface area contributed by atoms with Gasteiger partial charge < -0.3 is 16.0 Å². The Morgan fingerprint density at radius 3 is 2.50 bits per heavy atom. The Hall–Kier alpha value is -3.22. The molecule has 3 aromatic rings. The summed E-state index contributed by atoms with van der Waals surface area (Å²) in [7, 11) is 0. The van der Waals surface area contributed by atoms with E-state index in [-0.39, 0.29) is 17.6 Å². The zero-order valence-corrected chi connectivity index (χ0v) is 22.1. The summed E-state index contributed by atoms with van der Waals surface area (Å²) in [4.78, 5) is 26.8. The van der Waals surface area contributed by atoms with Gasteiger partial charge in [0.25, 0.3) is 5.91 Å². The van der Waals surface area contributed by atoms with Crippen LogP contribution in [0, 0.1) is 11.3 Å². The highest BCUT2D eigenvalue weighted by Gasteiger charge is 2.35. The number of hydrogen-bond donors (Lipinski definition) is 3. The van der Waals surface area contributed by atoms with Crippen LogP contribution in [0.3, 0.4) is 0 Å². The van der Waals surface area contributed by atoms with E-state index in [2.05, 4.69) is 22.0 Å². The van der Waals surface area contributed by atoms with Gasteiger partial charge in [0, 0.05) is 27.5 Å². The van der Waals surface area contributed by atoms with Crippen LogP contribution in [0.25, 0.3) is 0 Å². The number of nitriles is 1. The number of halogens is 2. The van der Waals surface area contributed by atoms with E-state index in [0.717, 1.165) is 4.88 Å². The Morgan fingerprint density at radius 1 is 1.06 bits per heavy atom. The third-order valence-corrected chi connectivity index (χ3v) is 8.00. The van der Waals surface area contributed by atoms with Crippen molar-refractivity contribution in [2.75, 3.05) is 16.4 Å². The number of thioether (sulfide) groups is 1. The molecule has 2 amide bonds. The van der Waals surface area contributed by atoms with Crippen LogP contribution in [0.4, 0.5) is 11.4 Å². The predicted molar refractivity (Wildman–Crippen MR) is 148 cm³/mol. The summed E-state index contributed by atoms with van der Waals surface area (Å²) in [6.45, 7) is 1.80. The van der Waals surface area contributed by atoms with E-state index in [0.29, 0.717) is 43.3 Å². The Morgan fingerprint density at radius 2 is 1.83 bits per heavy atom. The molecule has 1 aromatic heterocycles. The molecule has 4 rings (SSSR count). The lowest BCUT2D eigenvalue weighted by Gasteiger charge is -2.29. The number of anilines is 2. The zero-order valence-electron chi connectivity index (χ0n) is 19.0. The molecule has 10 heteroatoms. The van der Waals surface area contributed by atoms with Crippen molar-refractivity contribution >= 4 is 69.5 Å². The van der Waals surface area contributed by atoms with Crippen molar-refractivity contribution in [2.24, 2.45) is 0 Å². The number of benzene rings is 2. The van der Waals surface area contributed by atoms with Crippen LogP contribution in [0.2, 0.25) is 10.0 Å². The molecule has 0 saturated heterocycles. The van der Waals surface area contributed by atoms with Gasteiger partial charge >= 0.3 is 0 Å². The van der Waals surface area contributed by atoms with Crippen molar-refractivity contribution in [3.63, 3.8) is 0 Å². The molecule has 1 aliphatic rings. The highest BCUT2D eigenvalue weighted by molar-refractivity contribution is 8.03. The van der Waals surface area contributed by atoms with Crippen LogP contribution in [0.15, 0.2) is 87.9 Å². The van der Waals surface area contributed by atoms with Crippen molar-refractivity contribution in [1.29, 1.82) is 5.26 Å². The number of nitrogens with one attached hydrogen (secondary N) is 3. The van der Waals surface area contributed by atoms with Gasteiger partial charge in [-0.25, -0.2) is 0 Å². The first-order chi connectivity index (χ1) is 17.4. The fraction of sp³-hybridized carbons (Fsp3) is 0.115. The lowest BCUT2D eigenvalue weighted by Crippen LogP contribution is -2.30. The molecule has 2 heterocycles. The molecule has 0 fully saturated rings. The molecule has 0 radical (unpaired) electrons. The average Bonchev–Trinajstić information content (AvgIpc) is 3.40. The first-order valence-electron chi connectivity index (χ1n) is 10.8. The second-order valence-electron chi connectivity index (χ2n) is 7.75. The topological polar surface area (TPSA) is 94.0 Å². The Labute approximate surface area is 227 Å². The highest BCUT2D eigenvalue weighted by atomic mass is 35.5. The van der Waals surface area contributed by atoms with Crippen molar-refractivity contribution in [3.05, 3.63) is 103 Å². The third kappa shape index (κ3) is 5.94. The molecular formula is C26H20Cl2N4O2S2. The SMILES string of the molecule is CC1=C(C(=O)Nc2ccccc2)C(c2cccs2)C(C#N)=C(SCC(=O)Nc2ccc(Cl)c(Cl)c2)N1. The molecule has 2 aromatic carbocycles. The first-order valence-corrected chi connectivity index (χ1v) is 13.4. The van der Waals surface area contributed by atoms with E-state index in [9.17, 15) is 14.9 Å². The van der Waals surface area contributed by atoms with E-state index in [1.54, 1.807) is 37.3 Å². The molecule has 0 spiro atoms. The number of carbonyl (C=O) groups excluding carboxylic acids is 2. The number of dihydropyridines is 1. The number of amides is 2. The van der Waals surface area contributed by atoms with Gasteiger partial charge in [-0.3, -0.25) is 9.59 Å². The summed E-state index contributed by atoms with van der Waals surface area (Å²) in [6, 6.07) is 20.1. The highest BCUT2D eigenvalue weighted by Crippen LogP contribution is 2.42. The number of thiophene rings is 1. The Balaban J connectivity index is 1.57. The number of hydrogen-bond acceptors (Lipinski definition) is 6. The largest absolute Gasteiger partial charge is 0.353 e. The molecule has 6 nitrogen and oxygen atoms in total. The number of rotatable bonds is 7. The van der Waals surface area contributed by atoms with Crippen LogP contribution in [-0.4, -0.2) is 17.6 Å². The van der Waals surface area contributed by atoms with Crippen molar-refractivity contribution in [2.45, 2.75) is 12.8 Å². The molecule has 0 saturated carbocycles. The van der Waals surface area contributed by atoms with Gasteiger partial charge in [-0.15, -0.1) is 11.3 Å². The molecule has 0 aliphatic carbocycles. The molecule has 3 N–H and O–H groups in total. The average molecular weight is 556 g/mol. The number of carbonyl (C=O) groups is 2. The maximum atomic E-state index is 13.3. The van der Waals surface area contributed by atoms with Gasteiger partial charge in [0.15, 0.2) is 0 Å². The number of allylic oxidation sites excluding steroid dienone is 2. The Bertz CT molecular complexity index is 1400. The van der Waals surface area contributed by atoms with Gasteiger partial charge in [-0.05, 0) is 48.7 Å². The minimum Gasteiger partial charge on any atom is -0.353 e. The quantitative estimate of drug-likeness (QED) is 0.300. The molecule has 1 atom stereocenters. The second kappa shape index (κ2) is 11.7. The maximum absolute atomic E-state index is 13.3. The molecule has 182 valence electrons. The van der Waals surface area contributed by atoms with Crippen LogP contribution >= 0.6 is 46.3 Å². The van der Waals surface area contributed by atoms with Gasteiger partial charge in [-0.1, -0.05) is 59.2 Å². The van der Waals surface area contributed by atoms with Gasteiger partial charge in [0.2, 0.25) is 5.91 Å². The van der Waals surface area contributed by atoms with Crippen molar-refractivity contribution in [1.82, 2.24) is 5.32 Å². The molecule has 0 bridgehead atoms. The fourth-order valence-electron chi connectivity index (χ4n) is 3.70. The molecular weight excluding hydrogens is 535 g/mol. The van der Waals surface area contributed by atoms with E-state index in [1.807, 2.05) is 35.7 Å². The van der Waals surface area contributed by atoms with E-state index >= 15 is 0 Å². The molecule has 1 aliphatic heterocycles. The maximum Gasteiger partial charge on any atom is 0.254 e. The summed E-state index contributed by atoms with van der Waals surface area (Å²) in [5.41, 5.74) is 2.65. The van der Waals surface area contributed by atoms with E-state index in [4.69, 9.17) is 23.2 Å². The zero-order chi connectivity index (χ0) is 25.7. The smallest absolute Gasteiger partial charge is 0.254 e. The van der Waals surface area contributed by atoms with Crippen LogP contribution in [0.1, 0.15) is 17.7 Å². The summed E-state index contributed by atoms with van der Waals surface area (Å²) in [5, 5.41) is 22.2. The van der Waals surface area contributed by atoms with Crippen molar-refractivity contribution < 1.29 is 9.59 Å². The summed E-state index contributed by atoms with van der Waals surface area (Å²) in [6.07, 6.45) is 0. The van der Waals surface area contributed by atoms with Crippen LogP contribution < -0.4 is 16.0 Å². The lowest BCUT2D eigenvalue weighted by atomic mass is 9.86. The lowest BCUT2D eigenvalue weighted by molar-refractivity contribution is -0.114. The number of nitrogens with zero attached hydrogens (tertiary/aromatic N) is 1. The molecule has 36 heavy (non-hydrogen) atoms. The molecule has 1 unspecified atom stereocenters. The van der Waals surface area contributed by atoms with Crippen LogP contribution in [0.5, 0.6) is 0 Å². The minimum atomic E-state index is -0.555. The standard InChI is InChI=1S/C26H20Cl2N4O2S2/c1-15-23(25(34)32-16-6-3-2-4-7-16)24(21-8-5-11-35-21)18(13-29)26(30-15)36-14-22(33)31-17-9-10-19(27)20(28)12-17/h2-12,24,30H,14H2,1H3,(H,31,33)(H,32,34). The minimum absolute atomic E-state index is 0.0454.